The van der Waals surface area contributed by atoms with Crippen LogP contribution in [0.5, 0.6) is 0 Å². The van der Waals surface area contributed by atoms with Gasteiger partial charge in [0.25, 0.3) is 0 Å². The minimum atomic E-state index is -4.17. The molecule has 0 saturated heterocycles. The summed E-state index contributed by atoms with van der Waals surface area (Å²) in [4.78, 5) is 9.03. The molecule has 1 heterocycles. The normalized spacial score (nSPS) is 11.1. The first-order valence-corrected chi connectivity index (χ1v) is 7.59. The average molecular weight is 306 g/mol. The molecule has 0 fully saturated rings. The highest BCUT2D eigenvalue weighted by molar-refractivity contribution is 7.80. The summed E-state index contributed by atoms with van der Waals surface area (Å²) in [7, 11) is -4.17. The van der Waals surface area contributed by atoms with Gasteiger partial charge in [-0.1, -0.05) is 24.3 Å². The molecule has 1 aromatic heterocycles. The van der Waals surface area contributed by atoms with E-state index in [1.54, 1.807) is 0 Å². The number of aromatic nitrogens is 2. The molecule has 0 aliphatic rings. The van der Waals surface area contributed by atoms with Gasteiger partial charge in [0.15, 0.2) is 0 Å². The van der Waals surface area contributed by atoms with Crippen LogP contribution < -0.4 is 0 Å². The van der Waals surface area contributed by atoms with E-state index in [1.165, 1.54) is 6.92 Å². The highest BCUT2D eigenvalue weighted by Gasteiger charge is 1.98. The van der Waals surface area contributed by atoms with E-state index in [0.29, 0.717) is 0 Å². The molecule has 3 rings (SSSR count). The van der Waals surface area contributed by atoms with Crippen LogP contribution in [0, 0.1) is 0 Å². The van der Waals surface area contributed by atoms with Crippen LogP contribution in [0.25, 0.3) is 22.1 Å². The predicted octanol–water partition coefficient (Wildman–Crippen LogP) is 2.61. The van der Waals surface area contributed by atoms with E-state index in [1.807, 2.05) is 48.5 Å². The maximum Gasteiger partial charge on any atom is 0.397 e. The van der Waals surface area contributed by atoms with Crippen molar-refractivity contribution in [2.45, 2.75) is 6.92 Å². The lowest BCUT2D eigenvalue weighted by atomic mass is 10.2. The first-order valence-electron chi connectivity index (χ1n) is 6.23. The molecular formula is C14H14N2O4S. The number of hydrogen-bond acceptors (Lipinski definition) is 5. The Balaban J connectivity index is 0.000000199. The van der Waals surface area contributed by atoms with Crippen molar-refractivity contribution in [1.82, 2.24) is 9.97 Å². The van der Waals surface area contributed by atoms with Crippen LogP contribution in [0.1, 0.15) is 6.92 Å². The summed E-state index contributed by atoms with van der Waals surface area (Å²) in [5, 5.41) is 0. The minimum Gasteiger partial charge on any atom is -0.264 e. The molecule has 1 N–H and O–H groups in total. The molecule has 21 heavy (non-hydrogen) atoms. The third-order valence-corrected chi connectivity index (χ3v) is 3.05. The van der Waals surface area contributed by atoms with E-state index in [4.69, 9.17) is 4.55 Å². The van der Waals surface area contributed by atoms with Crippen LogP contribution in [0.4, 0.5) is 0 Å². The first-order chi connectivity index (χ1) is 9.99. The molecule has 0 saturated carbocycles. The van der Waals surface area contributed by atoms with Crippen LogP contribution >= 0.6 is 0 Å². The molecule has 0 amide bonds. The van der Waals surface area contributed by atoms with Gasteiger partial charge in [0.1, 0.15) is 0 Å². The van der Waals surface area contributed by atoms with Gasteiger partial charge in [-0.25, -0.2) is 14.2 Å². The van der Waals surface area contributed by atoms with Crippen molar-refractivity contribution in [3.8, 4) is 0 Å². The lowest BCUT2D eigenvalue weighted by molar-refractivity contribution is 0.283. The Bertz CT molecular complexity index is 745. The minimum absolute atomic E-state index is 0.0289. The second-order valence-electron chi connectivity index (χ2n) is 4.04. The summed E-state index contributed by atoms with van der Waals surface area (Å²) in [6, 6.07) is 15.8. The molecule has 6 nitrogen and oxygen atoms in total. The Morgan fingerprint density at radius 1 is 0.905 bits per heavy atom. The monoisotopic (exact) mass is 306 g/mol. The summed E-state index contributed by atoms with van der Waals surface area (Å²) in [5.74, 6) is 0. The molecule has 110 valence electrons. The van der Waals surface area contributed by atoms with Gasteiger partial charge in [0, 0.05) is 0 Å². The van der Waals surface area contributed by atoms with Crippen molar-refractivity contribution in [3.63, 3.8) is 0 Å². The number of benzene rings is 2. The van der Waals surface area contributed by atoms with Crippen LogP contribution in [0.2, 0.25) is 0 Å². The summed E-state index contributed by atoms with van der Waals surface area (Å²) in [5.41, 5.74) is 3.80. The zero-order valence-electron chi connectivity index (χ0n) is 11.3. The Morgan fingerprint density at radius 2 is 1.24 bits per heavy atom. The van der Waals surface area contributed by atoms with Gasteiger partial charge < -0.3 is 0 Å². The number of rotatable bonds is 2. The van der Waals surface area contributed by atoms with Gasteiger partial charge in [-0.2, -0.15) is 8.42 Å². The van der Waals surface area contributed by atoms with Gasteiger partial charge in [-0.15, -0.1) is 0 Å². The van der Waals surface area contributed by atoms with E-state index in [0.717, 1.165) is 22.1 Å². The standard InChI is InChI=1S/C12H8N2.C2H6O4S/c1-2-6-10-9(5-1)13-11-7-3-4-8-12(11)14-10;1-2-6-7(3,4)5/h1-8H;2H2,1H3,(H,3,4,5). The fourth-order valence-electron chi connectivity index (χ4n) is 1.71. The molecular weight excluding hydrogens is 292 g/mol. The Kier molecular flexibility index (Phi) is 4.79. The van der Waals surface area contributed by atoms with E-state index in [2.05, 4.69) is 14.2 Å². The van der Waals surface area contributed by atoms with Crippen molar-refractivity contribution in [3.05, 3.63) is 48.5 Å². The fraction of sp³-hybridized carbons (Fsp3) is 0.143. The van der Waals surface area contributed by atoms with Crippen molar-refractivity contribution in [1.29, 1.82) is 0 Å². The lowest BCUT2D eigenvalue weighted by Gasteiger charge is -1.98. The number of hydrogen-bond donors (Lipinski definition) is 1. The SMILES string of the molecule is CCOS(=O)(=O)O.c1ccc2nc3ccccc3nc2c1. The van der Waals surface area contributed by atoms with Crippen LogP contribution in [0.15, 0.2) is 48.5 Å². The number of para-hydroxylation sites is 4. The van der Waals surface area contributed by atoms with Gasteiger partial charge in [-0.05, 0) is 31.2 Å². The largest absolute Gasteiger partial charge is 0.397 e. The summed E-state index contributed by atoms with van der Waals surface area (Å²) < 4.78 is 30.7. The molecule has 0 atom stereocenters. The van der Waals surface area contributed by atoms with Gasteiger partial charge in [0.2, 0.25) is 0 Å². The van der Waals surface area contributed by atoms with Crippen molar-refractivity contribution in [2.24, 2.45) is 0 Å². The molecule has 2 aromatic carbocycles. The maximum atomic E-state index is 9.56. The highest BCUT2D eigenvalue weighted by atomic mass is 32.3. The second-order valence-corrected chi connectivity index (χ2v) is 5.13. The van der Waals surface area contributed by atoms with Crippen molar-refractivity contribution < 1.29 is 17.2 Å². The number of nitrogens with zero attached hydrogens (tertiary/aromatic N) is 2. The quantitative estimate of drug-likeness (QED) is 0.578. The lowest BCUT2D eigenvalue weighted by Crippen LogP contribution is -2.01. The zero-order valence-corrected chi connectivity index (χ0v) is 12.1. The van der Waals surface area contributed by atoms with E-state index >= 15 is 0 Å². The highest BCUT2D eigenvalue weighted by Crippen LogP contribution is 2.14. The van der Waals surface area contributed by atoms with Crippen molar-refractivity contribution in [2.75, 3.05) is 6.61 Å². The molecule has 0 aliphatic carbocycles. The summed E-state index contributed by atoms with van der Waals surface area (Å²) in [6.07, 6.45) is 0. The Morgan fingerprint density at radius 3 is 1.43 bits per heavy atom. The topological polar surface area (TPSA) is 89.4 Å². The van der Waals surface area contributed by atoms with E-state index < -0.39 is 10.4 Å². The second kappa shape index (κ2) is 6.57. The molecule has 0 aliphatic heterocycles. The fourth-order valence-corrected chi connectivity index (χ4v) is 2.01. The van der Waals surface area contributed by atoms with E-state index in [9.17, 15) is 8.42 Å². The molecule has 3 aromatic rings. The first kappa shape index (κ1) is 15.3. The molecule has 7 heteroatoms. The third kappa shape index (κ3) is 4.45. The summed E-state index contributed by atoms with van der Waals surface area (Å²) in [6.45, 7) is 1.44. The smallest absolute Gasteiger partial charge is 0.264 e. The molecule has 0 unspecified atom stereocenters. The van der Waals surface area contributed by atoms with E-state index in [-0.39, 0.29) is 6.61 Å². The van der Waals surface area contributed by atoms with Crippen molar-refractivity contribution >= 4 is 32.5 Å². The average Bonchev–Trinajstić information content (AvgIpc) is 2.44. The molecule has 0 spiro atoms. The molecule has 0 bridgehead atoms. The van der Waals surface area contributed by atoms with Crippen LogP contribution in [0.3, 0.4) is 0 Å². The summed E-state index contributed by atoms with van der Waals surface area (Å²) >= 11 is 0. The Hall–Kier alpha value is -2.09. The maximum absolute atomic E-state index is 9.56. The zero-order chi connectivity index (χ0) is 15.3. The van der Waals surface area contributed by atoms with Gasteiger partial charge in [0.05, 0.1) is 28.7 Å². The Labute approximate surface area is 122 Å². The predicted molar refractivity (Wildman–Crippen MR) is 80.2 cm³/mol. The van der Waals surface area contributed by atoms with Gasteiger partial charge in [-0.3, -0.25) is 4.55 Å². The van der Waals surface area contributed by atoms with Gasteiger partial charge >= 0.3 is 10.4 Å². The van der Waals surface area contributed by atoms with Crippen LogP contribution in [-0.4, -0.2) is 29.5 Å². The molecule has 0 radical (unpaired) electrons. The number of fused-ring (bicyclic) bond motifs is 2. The third-order valence-electron chi connectivity index (χ3n) is 2.51. The van der Waals surface area contributed by atoms with Crippen LogP contribution in [-0.2, 0) is 14.6 Å².